The zero-order valence-corrected chi connectivity index (χ0v) is 14.3. The van der Waals surface area contributed by atoms with Crippen LogP contribution in [0.2, 0.25) is 0 Å². The van der Waals surface area contributed by atoms with E-state index in [4.69, 9.17) is 4.74 Å². The van der Waals surface area contributed by atoms with Crippen molar-refractivity contribution in [2.75, 3.05) is 19.6 Å². The largest absolute Gasteiger partial charge is 0.456 e. The fourth-order valence-electron chi connectivity index (χ4n) is 2.62. The lowest BCUT2D eigenvalue weighted by atomic mass is 10.1. The Kier molecular flexibility index (Phi) is 6.41. The van der Waals surface area contributed by atoms with Gasteiger partial charge in [-0.3, -0.25) is 0 Å². The van der Waals surface area contributed by atoms with E-state index in [1.54, 1.807) is 0 Å². The van der Waals surface area contributed by atoms with E-state index in [-0.39, 0.29) is 5.97 Å². The number of hydrogen-bond donors (Lipinski definition) is 1. The number of esters is 1. The Labute approximate surface area is 138 Å². The van der Waals surface area contributed by atoms with Crippen LogP contribution >= 0.6 is 0 Å². The molecular formula is C19H26N2O2. The molecule has 0 spiro atoms. The van der Waals surface area contributed by atoms with Crippen molar-refractivity contribution >= 4 is 5.97 Å². The summed E-state index contributed by atoms with van der Waals surface area (Å²) in [6, 6.07) is 9.72. The Morgan fingerprint density at radius 1 is 1.17 bits per heavy atom. The second kappa shape index (κ2) is 8.53. The van der Waals surface area contributed by atoms with Crippen molar-refractivity contribution in [2.45, 2.75) is 33.8 Å². The summed E-state index contributed by atoms with van der Waals surface area (Å²) in [6.45, 7) is 9.71. The number of carbonyl (C=O) groups is 1. The number of benzene rings is 1. The highest BCUT2D eigenvalue weighted by atomic mass is 16.5. The molecule has 0 amide bonds. The molecule has 0 radical (unpaired) electrons. The molecule has 4 heteroatoms. The van der Waals surface area contributed by atoms with Gasteiger partial charge in [-0.15, -0.1) is 0 Å². The second-order valence-electron chi connectivity index (χ2n) is 5.65. The van der Waals surface area contributed by atoms with E-state index in [0.29, 0.717) is 12.3 Å². The van der Waals surface area contributed by atoms with Crippen LogP contribution < -0.4 is 0 Å². The average molecular weight is 314 g/mol. The number of likely N-dealkylation sites (N-methyl/N-ethyl adjacent to an activating group) is 1. The van der Waals surface area contributed by atoms with E-state index in [9.17, 15) is 4.79 Å². The topological polar surface area (TPSA) is 45.3 Å². The van der Waals surface area contributed by atoms with E-state index in [1.165, 1.54) is 5.56 Å². The average Bonchev–Trinajstić information content (AvgIpc) is 2.95. The molecule has 1 aromatic heterocycles. The first kappa shape index (κ1) is 17.3. The summed E-state index contributed by atoms with van der Waals surface area (Å²) in [7, 11) is 0. The van der Waals surface area contributed by atoms with Gasteiger partial charge in [-0.2, -0.15) is 0 Å². The first-order chi connectivity index (χ1) is 11.2. The lowest BCUT2D eigenvalue weighted by Crippen LogP contribution is -2.25. The van der Waals surface area contributed by atoms with Crippen molar-refractivity contribution in [3.63, 3.8) is 0 Å². The van der Waals surface area contributed by atoms with Crippen molar-refractivity contribution < 1.29 is 9.53 Å². The summed E-state index contributed by atoms with van der Waals surface area (Å²) in [5.74, 6) is -0.291. The lowest BCUT2D eigenvalue weighted by molar-refractivity contribution is 0.0465. The van der Waals surface area contributed by atoms with Crippen LogP contribution in [0.15, 0.2) is 36.5 Å². The van der Waals surface area contributed by atoms with Crippen molar-refractivity contribution in [3.8, 4) is 0 Å². The molecule has 4 nitrogen and oxygen atoms in total. The third-order valence-electron chi connectivity index (χ3n) is 4.26. The van der Waals surface area contributed by atoms with E-state index in [0.717, 1.165) is 37.2 Å². The fraction of sp³-hybridized carbons (Fsp3) is 0.421. The Balaban J connectivity index is 1.93. The molecule has 0 bridgehead atoms. The van der Waals surface area contributed by atoms with Crippen LogP contribution in [-0.4, -0.2) is 35.5 Å². The lowest BCUT2D eigenvalue weighted by Gasteiger charge is -2.17. The number of nitrogens with zero attached hydrogens (tertiary/aromatic N) is 1. The molecule has 0 fully saturated rings. The molecule has 0 saturated carbocycles. The number of nitrogens with one attached hydrogen (secondary N) is 1. The van der Waals surface area contributed by atoms with E-state index in [2.05, 4.69) is 23.7 Å². The van der Waals surface area contributed by atoms with Gasteiger partial charge in [0.15, 0.2) is 0 Å². The molecule has 1 N–H and O–H groups in total. The SMILES string of the molecule is CCN(CC)CCc1c[nH]c(C(=O)OCc2ccccc2)c1C. The van der Waals surface area contributed by atoms with Crippen LogP contribution in [0.4, 0.5) is 0 Å². The first-order valence-electron chi connectivity index (χ1n) is 8.25. The number of aromatic nitrogens is 1. The molecular weight excluding hydrogens is 288 g/mol. The summed E-state index contributed by atoms with van der Waals surface area (Å²) in [5, 5.41) is 0. The molecule has 0 aliphatic carbocycles. The predicted octanol–water partition coefficient (Wildman–Crippen LogP) is 3.56. The van der Waals surface area contributed by atoms with Crippen LogP contribution in [-0.2, 0) is 17.8 Å². The number of rotatable bonds is 8. The Morgan fingerprint density at radius 3 is 2.52 bits per heavy atom. The highest BCUT2D eigenvalue weighted by Gasteiger charge is 2.16. The second-order valence-corrected chi connectivity index (χ2v) is 5.65. The summed E-state index contributed by atoms with van der Waals surface area (Å²) < 4.78 is 5.40. The van der Waals surface area contributed by atoms with Gasteiger partial charge in [-0.05, 0) is 43.1 Å². The van der Waals surface area contributed by atoms with Gasteiger partial charge in [0.25, 0.3) is 0 Å². The van der Waals surface area contributed by atoms with Gasteiger partial charge in [-0.1, -0.05) is 44.2 Å². The molecule has 2 rings (SSSR count). The molecule has 0 saturated heterocycles. The van der Waals surface area contributed by atoms with Crippen LogP contribution in [0.25, 0.3) is 0 Å². The molecule has 0 aliphatic heterocycles. The van der Waals surface area contributed by atoms with Crippen molar-refractivity contribution in [1.82, 2.24) is 9.88 Å². The summed E-state index contributed by atoms with van der Waals surface area (Å²) in [4.78, 5) is 17.7. The quantitative estimate of drug-likeness (QED) is 0.758. The number of hydrogen-bond acceptors (Lipinski definition) is 3. The highest BCUT2D eigenvalue weighted by Crippen LogP contribution is 2.16. The smallest absolute Gasteiger partial charge is 0.355 e. The number of ether oxygens (including phenoxy) is 1. The zero-order chi connectivity index (χ0) is 16.7. The van der Waals surface area contributed by atoms with E-state index >= 15 is 0 Å². The zero-order valence-electron chi connectivity index (χ0n) is 14.3. The Hall–Kier alpha value is -2.07. The summed E-state index contributed by atoms with van der Waals surface area (Å²) >= 11 is 0. The maximum absolute atomic E-state index is 12.2. The molecule has 124 valence electrons. The van der Waals surface area contributed by atoms with Gasteiger partial charge < -0.3 is 14.6 Å². The number of H-pyrrole nitrogens is 1. The van der Waals surface area contributed by atoms with Gasteiger partial charge in [0.2, 0.25) is 0 Å². The number of carbonyl (C=O) groups excluding carboxylic acids is 1. The van der Waals surface area contributed by atoms with Crippen molar-refractivity contribution in [3.05, 3.63) is 58.9 Å². The van der Waals surface area contributed by atoms with Gasteiger partial charge in [-0.25, -0.2) is 4.79 Å². The van der Waals surface area contributed by atoms with Crippen LogP contribution in [0.5, 0.6) is 0 Å². The van der Waals surface area contributed by atoms with Gasteiger partial charge >= 0.3 is 5.97 Å². The van der Waals surface area contributed by atoms with Gasteiger partial charge in [0, 0.05) is 12.7 Å². The number of aromatic amines is 1. The first-order valence-corrected chi connectivity index (χ1v) is 8.25. The van der Waals surface area contributed by atoms with E-state index in [1.807, 2.05) is 43.5 Å². The minimum Gasteiger partial charge on any atom is -0.456 e. The van der Waals surface area contributed by atoms with Crippen LogP contribution in [0, 0.1) is 6.92 Å². The van der Waals surface area contributed by atoms with Crippen molar-refractivity contribution in [1.29, 1.82) is 0 Å². The maximum atomic E-state index is 12.2. The Bertz CT molecular complexity index is 616. The van der Waals surface area contributed by atoms with Gasteiger partial charge in [0.05, 0.1) is 0 Å². The monoisotopic (exact) mass is 314 g/mol. The minimum absolute atomic E-state index is 0.291. The van der Waals surface area contributed by atoms with Gasteiger partial charge in [0.1, 0.15) is 12.3 Å². The van der Waals surface area contributed by atoms with E-state index < -0.39 is 0 Å². The molecule has 0 atom stereocenters. The third kappa shape index (κ3) is 4.70. The highest BCUT2D eigenvalue weighted by molar-refractivity contribution is 5.89. The maximum Gasteiger partial charge on any atom is 0.355 e. The van der Waals surface area contributed by atoms with Crippen LogP contribution in [0.3, 0.4) is 0 Å². The van der Waals surface area contributed by atoms with Crippen molar-refractivity contribution in [2.24, 2.45) is 0 Å². The summed E-state index contributed by atoms with van der Waals surface area (Å²) in [5.41, 5.74) is 3.74. The molecule has 0 aliphatic rings. The summed E-state index contributed by atoms with van der Waals surface area (Å²) in [6.07, 6.45) is 2.87. The molecule has 0 unspecified atom stereocenters. The third-order valence-corrected chi connectivity index (χ3v) is 4.26. The predicted molar refractivity (Wildman–Crippen MR) is 92.6 cm³/mol. The molecule has 23 heavy (non-hydrogen) atoms. The molecule has 2 aromatic rings. The molecule has 1 heterocycles. The fourth-order valence-corrected chi connectivity index (χ4v) is 2.62. The van der Waals surface area contributed by atoms with Crippen LogP contribution in [0.1, 0.15) is 41.0 Å². The standard InChI is InChI=1S/C19H26N2O2/c1-4-21(5-2)12-11-17-13-20-18(15(17)3)19(22)23-14-16-9-7-6-8-10-16/h6-10,13,20H,4-5,11-12,14H2,1-3H3. The normalized spacial score (nSPS) is 11.0. The molecule has 1 aromatic carbocycles. The Morgan fingerprint density at radius 2 is 1.87 bits per heavy atom. The minimum atomic E-state index is -0.291.